The molecule has 1 saturated heterocycles. The zero-order valence-electron chi connectivity index (χ0n) is 20.2. The van der Waals surface area contributed by atoms with Crippen LogP contribution in [0.4, 0.5) is 4.79 Å². The number of nitrogens with one attached hydrogen (secondary N) is 2. The third kappa shape index (κ3) is 4.12. The van der Waals surface area contributed by atoms with Crippen molar-refractivity contribution in [2.45, 2.75) is 70.5 Å². The van der Waals surface area contributed by atoms with E-state index in [1.807, 2.05) is 18.7 Å². The molecule has 1 aromatic heterocycles. The van der Waals surface area contributed by atoms with Crippen LogP contribution in [-0.2, 0) is 9.53 Å². The van der Waals surface area contributed by atoms with E-state index >= 15 is 0 Å². The Morgan fingerprint density at radius 3 is 2.79 bits per heavy atom. The number of rotatable bonds is 5. The van der Waals surface area contributed by atoms with E-state index in [0.717, 1.165) is 49.0 Å². The first-order valence-electron chi connectivity index (χ1n) is 12.5. The number of hydrogen-bond donors (Lipinski definition) is 2. The van der Waals surface area contributed by atoms with Gasteiger partial charge in [0.05, 0.1) is 24.2 Å². The monoisotopic (exact) mass is 462 g/mol. The highest BCUT2D eigenvalue weighted by Gasteiger charge is 2.48. The lowest BCUT2D eigenvalue weighted by molar-refractivity contribution is -0.138. The molecule has 2 fully saturated rings. The highest BCUT2D eigenvalue weighted by molar-refractivity contribution is 5.87. The minimum absolute atomic E-state index is 0.0388. The van der Waals surface area contributed by atoms with Gasteiger partial charge in [-0.2, -0.15) is 0 Å². The highest BCUT2D eigenvalue weighted by atomic mass is 16.5. The van der Waals surface area contributed by atoms with Crippen LogP contribution in [-0.4, -0.2) is 46.1 Å². The van der Waals surface area contributed by atoms with E-state index in [4.69, 9.17) is 9.72 Å². The van der Waals surface area contributed by atoms with Crippen LogP contribution in [0.25, 0.3) is 16.6 Å². The lowest BCUT2D eigenvalue weighted by Crippen LogP contribution is -2.53. The maximum Gasteiger partial charge on any atom is 0.407 e. The highest BCUT2D eigenvalue weighted by Crippen LogP contribution is 2.46. The lowest BCUT2D eigenvalue weighted by Gasteiger charge is -2.36. The third-order valence-corrected chi connectivity index (χ3v) is 7.69. The molecule has 2 aromatic rings. The van der Waals surface area contributed by atoms with Crippen LogP contribution < -0.4 is 5.32 Å². The number of ether oxygens (including phenoxy) is 1. The van der Waals surface area contributed by atoms with Gasteiger partial charge >= 0.3 is 6.09 Å². The summed E-state index contributed by atoms with van der Waals surface area (Å²) in [6.45, 7) is 3.91. The number of aromatic amines is 1. The zero-order chi connectivity index (χ0) is 23.8. The van der Waals surface area contributed by atoms with Gasteiger partial charge in [0.15, 0.2) is 0 Å². The molecule has 0 unspecified atom stereocenters. The van der Waals surface area contributed by atoms with Crippen LogP contribution in [0.1, 0.15) is 69.8 Å². The van der Waals surface area contributed by atoms with Crippen LogP contribution in [0.3, 0.4) is 0 Å². The summed E-state index contributed by atoms with van der Waals surface area (Å²) in [6.07, 6.45) is 12.2. The molecule has 180 valence electrons. The average Bonchev–Trinajstić information content (AvgIpc) is 3.58. The van der Waals surface area contributed by atoms with E-state index in [9.17, 15) is 9.59 Å². The van der Waals surface area contributed by atoms with E-state index in [1.165, 1.54) is 24.7 Å². The van der Waals surface area contributed by atoms with Crippen molar-refractivity contribution >= 4 is 28.6 Å². The Kier molecular flexibility index (Phi) is 6.19. The number of nitrogens with zero attached hydrogens (tertiary/aromatic N) is 2. The lowest BCUT2D eigenvalue weighted by atomic mass is 9.84. The molecule has 1 aromatic carbocycles. The fourth-order valence-electron chi connectivity index (χ4n) is 5.93. The summed E-state index contributed by atoms with van der Waals surface area (Å²) in [6, 6.07) is 5.78. The van der Waals surface area contributed by atoms with Crippen LogP contribution in [0.5, 0.6) is 0 Å². The molecule has 3 aliphatic rings. The Balaban J connectivity index is 1.48. The van der Waals surface area contributed by atoms with Crippen LogP contribution in [0.2, 0.25) is 0 Å². The van der Waals surface area contributed by atoms with Gasteiger partial charge in [-0.05, 0) is 60.8 Å². The fraction of sp³-hybridized carbons (Fsp3) is 0.519. The van der Waals surface area contributed by atoms with E-state index in [-0.39, 0.29) is 23.9 Å². The molecular weight excluding hydrogens is 428 g/mol. The summed E-state index contributed by atoms with van der Waals surface area (Å²) >= 11 is 0. The van der Waals surface area contributed by atoms with E-state index in [0.29, 0.717) is 5.92 Å². The molecule has 1 saturated carbocycles. The van der Waals surface area contributed by atoms with Crippen molar-refractivity contribution in [1.82, 2.24) is 20.2 Å². The standard InChI is InChI=1S/C27H34N4O3/c1-16(2)24(30-27(33)34-3)26(32)31-22-11-7-6-10-19(22)15-23(31)25-28-20-13-12-18(14-21(20)29-25)17-8-4-5-9-17/h4-5,8,12-14,16,19,22-24H,6-7,9-11,15H2,1-3H3,(H,28,29)(H,30,33)/t19-,22-,23-,24-/m0/s1. The molecule has 1 aliphatic heterocycles. The number of amides is 2. The second kappa shape index (κ2) is 9.28. The van der Waals surface area contributed by atoms with Gasteiger partial charge in [-0.3, -0.25) is 4.79 Å². The predicted molar refractivity (Wildman–Crippen MR) is 132 cm³/mol. The maximum atomic E-state index is 13.9. The van der Waals surface area contributed by atoms with Crippen LogP contribution in [0, 0.1) is 11.8 Å². The Hall–Kier alpha value is -3.09. The quantitative estimate of drug-likeness (QED) is 0.646. The first kappa shape index (κ1) is 22.7. The number of likely N-dealkylation sites (tertiary alicyclic amines) is 1. The molecule has 0 bridgehead atoms. The van der Waals surface area contributed by atoms with Crippen molar-refractivity contribution in [2.24, 2.45) is 11.8 Å². The van der Waals surface area contributed by atoms with Gasteiger partial charge in [-0.25, -0.2) is 9.78 Å². The van der Waals surface area contributed by atoms with E-state index in [2.05, 4.69) is 46.7 Å². The zero-order valence-corrected chi connectivity index (χ0v) is 20.2. The van der Waals surface area contributed by atoms with E-state index in [1.54, 1.807) is 0 Å². The number of hydrogen-bond acceptors (Lipinski definition) is 4. The maximum absolute atomic E-state index is 13.9. The second-order valence-corrected chi connectivity index (χ2v) is 10.1. The number of fused-ring (bicyclic) bond motifs is 2. The molecule has 7 nitrogen and oxygen atoms in total. The van der Waals surface area contributed by atoms with Gasteiger partial charge in [0.2, 0.25) is 5.91 Å². The topological polar surface area (TPSA) is 87.3 Å². The van der Waals surface area contributed by atoms with Gasteiger partial charge < -0.3 is 19.9 Å². The van der Waals surface area contributed by atoms with Gasteiger partial charge in [0.25, 0.3) is 0 Å². The molecule has 0 spiro atoms. The van der Waals surface area contributed by atoms with Crippen molar-refractivity contribution in [3.63, 3.8) is 0 Å². The molecule has 34 heavy (non-hydrogen) atoms. The second-order valence-electron chi connectivity index (χ2n) is 10.1. The number of benzene rings is 1. The molecule has 2 heterocycles. The number of allylic oxidation sites excluding steroid dienone is 4. The summed E-state index contributed by atoms with van der Waals surface area (Å²) in [5, 5.41) is 2.78. The van der Waals surface area contributed by atoms with E-state index < -0.39 is 12.1 Å². The summed E-state index contributed by atoms with van der Waals surface area (Å²) in [5.41, 5.74) is 4.41. The van der Waals surface area contributed by atoms with Crippen molar-refractivity contribution < 1.29 is 14.3 Å². The Morgan fingerprint density at radius 2 is 2.06 bits per heavy atom. The number of carbonyl (C=O) groups is 2. The first-order valence-corrected chi connectivity index (χ1v) is 12.5. The average molecular weight is 463 g/mol. The fourth-order valence-corrected chi connectivity index (χ4v) is 5.93. The van der Waals surface area contributed by atoms with Crippen LogP contribution >= 0.6 is 0 Å². The number of aromatic nitrogens is 2. The van der Waals surface area contributed by atoms with Gasteiger partial charge in [0.1, 0.15) is 11.9 Å². The number of alkyl carbamates (subject to hydrolysis) is 1. The van der Waals surface area contributed by atoms with Crippen molar-refractivity contribution in [3.05, 3.63) is 47.8 Å². The minimum Gasteiger partial charge on any atom is -0.453 e. The minimum atomic E-state index is -0.631. The van der Waals surface area contributed by atoms with Crippen molar-refractivity contribution in [1.29, 1.82) is 0 Å². The summed E-state index contributed by atoms with van der Waals surface area (Å²) < 4.78 is 4.81. The summed E-state index contributed by atoms with van der Waals surface area (Å²) in [7, 11) is 1.33. The van der Waals surface area contributed by atoms with Crippen molar-refractivity contribution in [3.8, 4) is 0 Å². The number of H-pyrrole nitrogens is 1. The molecular formula is C27H34N4O3. The third-order valence-electron chi connectivity index (χ3n) is 7.69. The molecule has 0 radical (unpaired) electrons. The summed E-state index contributed by atoms with van der Waals surface area (Å²) in [5.74, 6) is 1.21. The Morgan fingerprint density at radius 1 is 1.24 bits per heavy atom. The molecule has 7 heteroatoms. The number of carbonyl (C=O) groups excluding carboxylic acids is 2. The van der Waals surface area contributed by atoms with Crippen LogP contribution in [0.15, 0.2) is 36.4 Å². The SMILES string of the molecule is COC(=O)N[C@H](C(=O)N1[C@H](c2nc3ccc(C4=CC=CC4)cc3[nH]2)C[C@@H]2CCCC[C@@H]21)C(C)C. The molecule has 2 aliphatic carbocycles. The van der Waals surface area contributed by atoms with Gasteiger partial charge in [0, 0.05) is 6.04 Å². The molecule has 4 atom stereocenters. The Labute approximate surface area is 200 Å². The molecule has 2 N–H and O–H groups in total. The predicted octanol–water partition coefficient (Wildman–Crippen LogP) is 5.12. The number of methoxy groups -OCH3 is 1. The largest absolute Gasteiger partial charge is 0.453 e. The smallest absolute Gasteiger partial charge is 0.407 e. The number of imidazole rings is 1. The first-order chi connectivity index (χ1) is 16.5. The summed E-state index contributed by atoms with van der Waals surface area (Å²) in [4.78, 5) is 36.5. The van der Waals surface area contributed by atoms with Crippen molar-refractivity contribution in [2.75, 3.05) is 7.11 Å². The van der Waals surface area contributed by atoms with Gasteiger partial charge in [-0.1, -0.05) is 51.0 Å². The van der Waals surface area contributed by atoms with Gasteiger partial charge in [-0.15, -0.1) is 0 Å². The molecule has 2 amide bonds. The molecule has 5 rings (SSSR count). The Bertz CT molecular complexity index is 1150. The normalized spacial score (nSPS) is 24.9.